The SMILES string of the molecule is CN=C(NCCOc1cccc(C(F)(F)F)c1)N1CCOC(c2cnn(C)c2)C1.I. The fraction of sp³-hybridized carbons (Fsp3) is 0.474. The molecule has 7 nitrogen and oxygen atoms in total. The highest BCUT2D eigenvalue weighted by Crippen LogP contribution is 2.31. The van der Waals surface area contributed by atoms with Gasteiger partial charge in [0.25, 0.3) is 0 Å². The lowest BCUT2D eigenvalue weighted by molar-refractivity contribution is -0.137. The summed E-state index contributed by atoms with van der Waals surface area (Å²) in [6, 6.07) is 4.85. The number of nitrogens with one attached hydrogen (secondary N) is 1. The first-order valence-electron chi connectivity index (χ1n) is 9.22. The van der Waals surface area contributed by atoms with E-state index in [1.165, 1.54) is 12.1 Å². The number of aromatic nitrogens is 2. The van der Waals surface area contributed by atoms with E-state index in [1.807, 2.05) is 13.2 Å². The van der Waals surface area contributed by atoms with Crippen molar-refractivity contribution in [2.75, 3.05) is 39.9 Å². The molecule has 1 fully saturated rings. The minimum atomic E-state index is -4.39. The van der Waals surface area contributed by atoms with Crippen molar-refractivity contribution in [3.8, 4) is 5.75 Å². The molecule has 1 unspecified atom stereocenters. The zero-order valence-electron chi connectivity index (χ0n) is 16.7. The van der Waals surface area contributed by atoms with Gasteiger partial charge in [-0.25, -0.2) is 0 Å². The maximum atomic E-state index is 12.8. The Morgan fingerprint density at radius 2 is 2.20 bits per heavy atom. The molecular weight excluding hydrogens is 514 g/mol. The van der Waals surface area contributed by atoms with Gasteiger partial charge in [-0.15, -0.1) is 24.0 Å². The van der Waals surface area contributed by atoms with E-state index >= 15 is 0 Å². The minimum absolute atomic E-state index is 0. The molecule has 1 aliphatic heterocycles. The molecule has 1 aromatic carbocycles. The number of nitrogens with zero attached hydrogens (tertiary/aromatic N) is 4. The molecule has 0 aliphatic carbocycles. The predicted molar refractivity (Wildman–Crippen MR) is 117 cm³/mol. The third-order valence-corrected chi connectivity index (χ3v) is 4.49. The van der Waals surface area contributed by atoms with E-state index in [0.717, 1.165) is 17.7 Å². The molecule has 166 valence electrons. The third-order valence-electron chi connectivity index (χ3n) is 4.49. The highest BCUT2D eigenvalue weighted by molar-refractivity contribution is 14.0. The second kappa shape index (κ2) is 10.8. The lowest BCUT2D eigenvalue weighted by atomic mass is 10.1. The Morgan fingerprint density at radius 1 is 1.40 bits per heavy atom. The van der Waals surface area contributed by atoms with Gasteiger partial charge in [0.1, 0.15) is 18.5 Å². The number of hydrogen-bond donors (Lipinski definition) is 1. The summed E-state index contributed by atoms with van der Waals surface area (Å²) >= 11 is 0. The Bertz CT molecular complexity index is 844. The van der Waals surface area contributed by atoms with Gasteiger partial charge in [-0.1, -0.05) is 6.07 Å². The fourth-order valence-electron chi connectivity index (χ4n) is 3.08. The number of rotatable bonds is 5. The van der Waals surface area contributed by atoms with Crippen LogP contribution in [0.15, 0.2) is 41.7 Å². The van der Waals surface area contributed by atoms with Crippen LogP contribution in [-0.2, 0) is 18.0 Å². The molecule has 2 heterocycles. The van der Waals surface area contributed by atoms with E-state index in [0.29, 0.717) is 32.2 Å². The standard InChI is InChI=1S/C19H24F3N5O2.HI/c1-23-18(27-7-9-29-17(13-27)14-11-25-26(2)12-14)24-6-8-28-16-5-3-4-15(10-16)19(20,21)22;/h3-5,10-12,17H,6-9,13H2,1-2H3,(H,23,24);1H. The summed E-state index contributed by atoms with van der Waals surface area (Å²) in [7, 11) is 3.54. The second-order valence-electron chi connectivity index (χ2n) is 6.60. The molecule has 0 spiro atoms. The maximum Gasteiger partial charge on any atom is 0.416 e. The summed E-state index contributed by atoms with van der Waals surface area (Å²) in [5.41, 5.74) is 0.272. The number of benzene rings is 1. The molecule has 1 aliphatic rings. The van der Waals surface area contributed by atoms with Crippen LogP contribution < -0.4 is 10.1 Å². The first-order chi connectivity index (χ1) is 13.9. The molecule has 0 bridgehead atoms. The van der Waals surface area contributed by atoms with Gasteiger partial charge >= 0.3 is 6.18 Å². The molecule has 1 aromatic heterocycles. The Morgan fingerprint density at radius 3 is 2.87 bits per heavy atom. The molecule has 0 radical (unpaired) electrons. The predicted octanol–water partition coefficient (Wildman–Crippen LogP) is 3.08. The smallest absolute Gasteiger partial charge is 0.416 e. The van der Waals surface area contributed by atoms with Crippen LogP contribution in [0.4, 0.5) is 13.2 Å². The normalized spacial score (nSPS) is 17.4. The van der Waals surface area contributed by atoms with Gasteiger partial charge in [-0.3, -0.25) is 9.67 Å². The van der Waals surface area contributed by atoms with Crippen LogP contribution in [0.1, 0.15) is 17.2 Å². The van der Waals surface area contributed by atoms with Crippen LogP contribution in [0, 0.1) is 0 Å². The van der Waals surface area contributed by atoms with Gasteiger partial charge in [-0.05, 0) is 18.2 Å². The first kappa shape index (κ1) is 24.3. The minimum Gasteiger partial charge on any atom is -0.492 e. The van der Waals surface area contributed by atoms with Crippen molar-refractivity contribution in [2.45, 2.75) is 12.3 Å². The monoisotopic (exact) mass is 539 g/mol. The summed E-state index contributed by atoms with van der Waals surface area (Å²) < 4.78 is 51.3. The molecule has 30 heavy (non-hydrogen) atoms. The van der Waals surface area contributed by atoms with Gasteiger partial charge in [-0.2, -0.15) is 18.3 Å². The number of halogens is 4. The van der Waals surface area contributed by atoms with Crippen molar-refractivity contribution in [2.24, 2.45) is 12.0 Å². The molecular formula is C19H25F3IN5O2. The van der Waals surface area contributed by atoms with E-state index in [1.54, 1.807) is 17.9 Å². The van der Waals surface area contributed by atoms with Crippen molar-refractivity contribution < 1.29 is 22.6 Å². The van der Waals surface area contributed by atoms with Gasteiger partial charge in [0.15, 0.2) is 5.96 Å². The molecule has 0 saturated carbocycles. The van der Waals surface area contributed by atoms with Crippen molar-refractivity contribution in [3.63, 3.8) is 0 Å². The Labute approximate surface area is 190 Å². The van der Waals surface area contributed by atoms with Crippen LogP contribution in [0.3, 0.4) is 0 Å². The first-order valence-corrected chi connectivity index (χ1v) is 9.22. The van der Waals surface area contributed by atoms with Gasteiger partial charge in [0, 0.05) is 32.4 Å². The van der Waals surface area contributed by atoms with E-state index in [-0.39, 0.29) is 42.4 Å². The Hall–Kier alpha value is -2.02. The van der Waals surface area contributed by atoms with Crippen LogP contribution >= 0.6 is 24.0 Å². The van der Waals surface area contributed by atoms with Crippen molar-refractivity contribution in [3.05, 3.63) is 47.8 Å². The van der Waals surface area contributed by atoms with E-state index in [4.69, 9.17) is 9.47 Å². The van der Waals surface area contributed by atoms with E-state index in [9.17, 15) is 13.2 Å². The summed E-state index contributed by atoms with van der Waals surface area (Å²) in [6.45, 7) is 2.47. The van der Waals surface area contributed by atoms with Crippen molar-refractivity contribution in [1.82, 2.24) is 20.0 Å². The van der Waals surface area contributed by atoms with Crippen molar-refractivity contribution >= 4 is 29.9 Å². The van der Waals surface area contributed by atoms with Crippen LogP contribution in [0.2, 0.25) is 0 Å². The molecule has 11 heteroatoms. The molecule has 1 saturated heterocycles. The number of aryl methyl sites for hydroxylation is 1. The lowest BCUT2D eigenvalue weighted by Gasteiger charge is -2.34. The van der Waals surface area contributed by atoms with Crippen LogP contribution in [0.25, 0.3) is 0 Å². The average molecular weight is 539 g/mol. The molecule has 0 amide bonds. The molecule has 1 atom stereocenters. The topological polar surface area (TPSA) is 63.9 Å². The van der Waals surface area contributed by atoms with Crippen LogP contribution in [0.5, 0.6) is 5.75 Å². The summed E-state index contributed by atoms with van der Waals surface area (Å²) in [6.07, 6.45) is -0.779. The maximum absolute atomic E-state index is 12.8. The summed E-state index contributed by atoms with van der Waals surface area (Å²) in [5.74, 6) is 0.870. The van der Waals surface area contributed by atoms with Crippen molar-refractivity contribution in [1.29, 1.82) is 0 Å². The largest absolute Gasteiger partial charge is 0.492 e. The lowest BCUT2D eigenvalue weighted by Crippen LogP contribution is -2.48. The summed E-state index contributed by atoms with van der Waals surface area (Å²) in [5, 5.41) is 7.36. The van der Waals surface area contributed by atoms with Gasteiger partial charge in [0.2, 0.25) is 0 Å². The second-order valence-corrected chi connectivity index (χ2v) is 6.60. The van der Waals surface area contributed by atoms with Gasteiger partial charge < -0.3 is 19.7 Å². The molecule has 2 aromatic rings. The number of hydrogen-bond acceptors (Lipinski definition) is 4. The average Bonchev–Trinajstić information content (AvgIpc) is 3.14. The van der Waals surface area contributed by atoms with E-state index < -0.39 is 11.7 Å². The highest BCUT2D eigenvalue weighted by Gasteiger charge is 2.30. The number of ether oxygens (including phenoxy) is 2. The van der Waals surface area contributed by atoms with Crippen LogP contribution in [-0.4, -0.2) is 60.5 Å². The number of guanidine groups is 1. The zero-order valence-corrected chi connectivity index (χ0v) is 19.1. The quantitative estimate of drug-likeness (QED) is 0.274. The Kier molecular flexibility index (Phi) is 8.77. The summed E-state index contributed by atoms with van der Waals surface area (Å²) in [4.78, 5) is 6.36. The fourth-order valence-corrected chi connectivity index (χ4v) is 3.08. The Balaban J connectivity index is 0.00000320. The van der Waals surface area contributed by atoms with Gasteiger partial charge in [0.05, 0.1) is 31.5 Å². The zero-order chi connectivity index (χ0) is 20.9. The molecule has 1 N–H and O–H groups in total. The number of morpholine rings is 1. The molecule has 3 rings (SSSR count). The third kappa shape index (κ3) is 6.49. The van der Waals surface area contributed by atoms with E-state index in [2.05, 4.69) is 20.3 Å². The number of alkyl halides is 3. The highest BCUT2D eigenvalue weighted by atomic mass is 127. The number of aliphatic imine (C=N–C) groups is 1.